The van der Waals surface area contributed by atoms with Gasteiger partial charge in [0.2, 0.25) is 0 Å². The van der Waals surface area contributed by atoms with E-state index < -0.39 is 0 Å². The SMILES string of the molecule is Cc1cc(O)c(Cl)cc1C(=O)N1CCCCC1c1ccn[nH]1. The summed E-state index contributed by atoms with van der Waals surface area (Å²) in [6.07, 6.45) is 4.69. The van der Waals surface area contributed by atoms with Crippen molar-refractivity contribution in [2.45, 2.75) is 32.2 Å². The minimum atomic E-state index is -0.0568. The lowest BCUT2D eigenvalue weighted by Gasteiger charge is -2.35. The second-order valence-electron chi connectivity index (χ2n) is 5.64. The number of phenols is 1. The first kappa shape index (κ1) is 14.9. The zero-order chi connectivity index (χ0) is 15.7. The molecule has 1 fully saturated rings. The number of H-pyrrole nitrogens is 1. The number of hydrogen-bond acceptors (Lipinski definition) is 3. The van der Waals surface area contributed by atoms with Gasteiger partial charge >= 0.3 is 0 Å². The molecule has 1 aromatic heterocycles. The van der Waals surface area contributed by atoms with Gasteiger partial charge in [-0.15, -0.1) is 0 Å². The fourth-order valence-electron chi connectivity index (χ4n) is 3.00. The van der Waals surface area contributed by atoms with Crippen LogP contribution in [0, 0.1) is 6.92 Å². The number of aromatic hydroxyl groups is 1. The van der Waals surface area contributed by atoms with Crippen LogP contribution >= 0.6 is 11.6 Å². The van der Waals surface area contributed by atoms with Crippen LogP contribution in [0.3, 0.4) is 0 Å². The predicted octanol–water partition coefficient (Wildman–Crippen LogP) is 3.44. The Balaban J connectivity index is 1.94. The Morgan fingerprint density at radius 1 is 1.45 bits per heavy atom. The third-order valence-electron chi connectivity index (χ3n) is 4.17. The molecule has 1 amide bonds. The van der Waals surface area contributed by atoms with Crippen molar-refractivity contribution in [1.29, 1.82) is 0 Å². The van der Waals surface area contributed by atoms with Crippen molar-refractivity contribution in [1.82, 2.24) is 15.1 Å². The topological polar surface area (TPSA) is 69.2 Å². The molecule has 0 radical (unpaired) electrons. The van der Waals surface area contributed by atoms with Crippen molar-refractivity contribution >= 4 is 17.5 Å². The summed E-state index contributed by atoms with van der Waals surface area (Å²) in [5, 5.41) is 16.8. The quantitative estimate of drug-likeness (QED) is 0.890. The number of rotatable bonds is 2. The van der Waals surface area contributed by atoms with Crippen LogP contribution in [0.2, 0.25) is 5.02 Å². The van der Waals surface area contributed by atoms with Gasteiger partial charge in [-0.3, -0.25) is 9.89 Å². The Morgan fingerprint density at radius 2 is 2.27 bits per heavy atom. The van der Waals surface area contributed by atoms with Gasteiger partial charge in [0.1, 0.15) is 5.75 Å². The van der Waals surface area contributed by atoms with Gasteiger partial charge in [0.05, 0.1) is 16.8 Å². The number of piperidine rings is 1. The lowest BCUT2D eigenvalue weighted by atomic mass is 9.97. The number of aromatic nitrogens is 2. The highest BCUT2D eigenvalue weighted by Gasteiger charge is 2.30. The minimum absolute atomic E-state index is 0.000483. The van der Waals surface area contributed by atoms with Gasteiger partial charge in [0, 0.05) is 18.3 Å². The molecule has 5 nitrogen and oxygen atoms in total. The highest BCUT2D eigenvalue weighted by atomic mass is 35.5. The van der Waals surface area contributed by atoms with E-state index in [0.29, 0.717) is 12.1 Å². The van der Waals surface area contributed by atoms with E-state index in [1.807, 2.05) is 11.0 Å². The lowest BCUT2D eigenvalue weighted by molar-refractivity contribution is 0.0605. The maximum atomic E-state index is 12.9. The Labute approximate surface area is 133 Å². The third-order valence-corrected chi connectivity index (χ3v) is 4.47. The fraction of sp³-hybridized carbons (Fsp3) is 0.375. The van der Waals surface area contributed by atoms with Crippen molar-refractivity contribution in [3.05, 3.63) is 46.2 Å². The first-order valence-electron chi connectivity index (χ1n) is 7.37. The van der Waals surface area contributed by atoms with E-state index in [9.17, 15) is 9.90 Å². The number of phenolic OH excluding ortho intramolecular Hbond substituents is 1. The van der Waals surface area contributed by atoms with Crippen LogP contribution < -0.4 is 0 Å². The molecule has 116 valence electrons. The van der Waals surface area contributed by atoms with E-state index in [2.05, 4.69) is 10.2 Å². The number of halogens is 1. The van der Waals surface area contributed by atoms with Crippen LogP contribution in [0.25, 0.3) is 0 Å². The highest BCUT2D eigenvalue weighted by Crippen LogP contribution is 2.33. The summed E-state index contributed by atoms with van der Waals surface area (Å²) in [6.45, 7) is 2.51. The summed E-state index contributed by atoms with van der Waals surface area (Å²) in [5.41, 5.74) is 2.21. The number of nitrogens with zero attached hydrogens (tertiary/aromatic N) is 2. The summed E-state index contributed by atoms with van der Waals surface area (Å²) < 4.78 is 0. The summed E-state index contributed by atoms with van der Waals surface area (Å²) in [4.78, 5) is 14.8. The number of aryl methyl sites for hydroxylation is 1. The smallest absolute Gasteiger partial charge is 0.254 e. The summed E-state index contributed by atoms with van der Waals surface area (Å²) in [7, 11) is 0. The molecule has 0 aliphatic carbocycles. The molecule has 1 aromatic carbocycles. The highest BCUT2D eigenvalue weighted by molar-refractivity contribution is 6.32. The Kier molecular flexibility index (Phi) is 4.07. The second kappa shape index (κ2) is 6.01. The lowest BCUT2D eigenvalue weighted by Crippen LogP contribution is -2.39. The maximum Gasteiger partial charge on any atom is 0.254 e. The molecule has 2 N–H and O–H groups in total. The third kappa shape index (κ3) is 2.68. The van der Waals surface area contributed by atoms with Crippen molar-refractivity contribution < 1.29 is 9.90 Å². The van der Waals surface area contributed by atoms with E-state index in [1.165, 1.54) is 6.07 Å². The van der Waals surface area contributed by atoms with E-state index in [4.69, 9.17) is 11.6 Å². The number of aromatic amines is 1. The monoisotopic (exact) mass is 319 g/mol. The molecule has 22 heavy (non-hydrogen) atoms. The van der Waals surface area contributed by atoms with Crippen molar-refractivity contribution in [2.75, 3.05) is 6.54 Å². The molecule has 2 heterocycles. The number of benzene rings is 1. The predicted molar refractivity (Wildman–Crippen MR) is 84.1 cm³/mol. The van der Waals surface area contributed by atoms with Crippen molar-refractivity contribution in [3.8, 4) is 5.75 Å². The van der Waals surface area contributed by atoms with Crippen LogP contribution in [-0.2, 0) is 0 Å². The number of carbonyl (C=O) groups excluding carboxylic acids is 1. The van der Waals surface area contributed by atoms with Crippen LogP contribution in [0.15, 0.2) is 24.4 Å². The van der Waals surface area contributed by atoms with Gasteiger partial charge in [-0.05, 0) is 49.9 Å². The summed E-state index contributed by atoms with van der Waals surface area (Å²) in [5.74, 6) is -0.0572. The molecule has 1 aliphatic heterocycles. The molecule has 0 saturated carbocycles. The van der Waals surface area contributed by atoms with E-state index in [0.717, 1.165) is 30.5 Å². The number of carbonyl (C=O) groups is 1. The second-order valence-corrected chi connectivity index (χ2v) is 6.05. The Hall–Kier alpha value is -2.01. The number of amides is 1. The van der Waals surface area contributed by atoms with Crippen LogP contribution in [-0.4, -0.2) is 32.7 Å². The zero-order valence-electron chi connectivity index (χ0n) is 12.3. The number of nitrogens with one attached hydrogen (secondary N) is 1. The molecule has 1 saturated heterocycles. The fourth-order valence-corrected chi connectivity index (χ4v) is 3.17. The maximum absolute atomic E-state index is 12.9. The summed E-state index contributed by atoms with van der Waals surface area (Å²) in [6, 6.07) is 5.00. The number of hydrogen-bond donors (Lipinski definition) is 2. The van der Waals surface area contributed by atoms with E-state index in [-0.39, 0.29) is 22.7 Å². The summed E-state index contributed by atoms with van der Waals surface area (Å²) >= 11 is 5.97. The van der Waals surface area contributed by atoms with Crippen molar-refractivity contribution in [2.24, 2.45) is 0 Å². The first-order valence-corrected chi connectivity index (χ1v) is 7.75. The molecule has 0 bridgehead atoms. The molecule has 1 aliphatic rings. The van der Waals surface area contributed by atoms with Gasteiger partial charge in [-0.1, -0.05) is 11.6 Å². The van der Waals surface area contributed by atoms with Crippen LogP contribution in [0.5, 0.6) is 5.75 Å². The molecule has 1 unspecified atom stereocenters. The van der Waals surface area contributed by atoms with Gasteiger partial charge in [0.15, 0.2) is 0 Å². The zero-order valence-corrected chi connectivity index (χ0v) is 13.1. The van der Waals surface area contributed by atoms with Gasteiger partial charge in [-0.2, -0.15) is 5.10 Å². The largest absolute Gasteiger partial charge is 0.506 e. The standard InChI is InChI=1S/C16H18ClN3O2/c1-10-8-15(21)12(17)9-11(10)16(22)20-7-3-2-4-14(20)13-5-6-18-19-13/h5-6,8-9,14,21H,2-4,7H2,1H3,(H,18,19). The van der Waals surface area contributed by atoms with Gasteiger partial charge in [0.25, 0.3) is 5.91 Å². The minimum Gasteiger partial charge on any atom is -0.506 e. The normalized spacial score (nSPS) is 18.5. The molecule has 3 rings (SSSR count). The van der Waals surface area contributed by atoms with Crippen LogP contribution in [0.1, 0.15) is 46.9 Å². The van der Waals surface area contributed by atoms with Gasteiger partial charge < -0.3 is 10.0 Å². The Bertz CT molecular complexity index is 685. The average molecular weight is 320 g/mol. The molecule has 6 heteroatoms. The van der Waals surface area contributed by atoms with Gasteiger partial charge in [-0.25, -0.2) is 0 Å². The van der Waals surface area contributed by atoms with Crippen LogP contribution in [0.4, 0.5) is 0 Å². The number of likely N-dealkylation sites (tertiary alicyclic amines) is 1. The molecule has 2 aromatic rings. The van der Waals surface area contributed by atoms with Crippen molar-refractivity contribution in [3.63, 3.8) is 0 Å². The van der Waals surface area contributed by atoms with E-state index >= 15 is 0 Å². The molecular formula is C16H18ClN3O2. The Morgan fingerprint density at radius 3 is 3.00 bits per heavy atom. The molecule has 1 atom stereocenters. The first-order chi connectivity index (χ1) is 10.6. The molecule has 0 spiro atoms. The van der Waals surface area contributed by atoms with E-state index in [1.54, 1.807) is 19.2 Å². The average Bonchev–Trinajstić information content (AvgIpc) is 3.04. The molecular weight excluding hydrogens is 302 g/mol.